The molecule has 8 nitrogen and oxygen atoms in total. The fraction of sp³-hybridized carbons (Fsp3) is 0.360. The Morgan fingerprint density at radius 2 is 2.06 bits per heavy atom. The van der Waals surface area contributed by atoms with Crippen molar-refractivity contribution in [2.24, 2.45) is 11.7 Å². The molecule has 0 amide bonds. The third kappa shape index (κ3) is 3.80. The van der Waals surface area contributed by atoms with Crippen molar-refractivity contribution in [2.75, 3.05) is 0 Å². The van der Waals surface area contributed by atoms with Crippen molar-refractivity contribution in [2.45, 2.75) is 50.7 Å². The van der Waals surface area contributed by atoms with Gasteiger partial charge in [0.15, 0.2) is 5.75 Å². The molecule has 0 aliphatic heterocycles. The van der Waals surface area contributed by atoms with Gasteiger partial charge in [0.25, 0.3) is 0 Å². The van der Waals surface area contributed by atoms with Gasteiger partial charge in [0.2, 0.25) is 5.88 Å². The van der Waals surface area contributed by atoms with Crippen LogP contribution in [0.5, 0.6) is 11.6 Å². The number of fused-ring (bicyclic) bond motifs is 1. The molecule has 3 heterocycles. The Bertz CT molecular complexity index is 1410. The maximum atomic E-state index is 14.5. The second kappa shape index (κ2) is 8.22. The maximum absolute atomic E-state index is 14.5. The number of nitriles is 1. The van der Waals surface area contributed by atoms with E-state index in [0.29, 0.717) is 34.1 Å². The van der Waals surface area contributed by atoms with Crippen LogP contribution in [-0.2, 0) is 6.54 Å². The molecule has 3 aromatic heterocycles. The van der Waals surface area contributed by atoms with E-state index in [0.717, 1.165) is 31.4 Å². The summed E-state index contributed by atoms with van der Waals surface area (Å²) in [6, 6.07) is 6.83. The second-order valence-electron chi connectivity index (χ2n) is 9.30. The van der Waals surface area contributed by atoms with Gasteiger partial charge in [0, 0.05) is 30.4 Å². The molecular formula is C25H24FN7O. The van der Waals surface area contributed by atoms with Gasteiger partial charge in [-0.25, -0.2) is 14.4 Å². The van der Waals surface area contributed by atoms with E-state index in [1.807, 2.05) is 23.1 Å². The average molecular weight is 458 g/mol. The van der Waals surface area contributed by atoms with Gasteiger partial charge in [-0.15, -0.1) is 0 Å². The minimum Gasteiger partial charge on any atom is -0.435 e. The standard InChI is InChI=1S/C25H24FN7O/c26-22-7-16(3-4-17(22)9-27)21-13-33(19-6-5-18(28)8-19)24-23(21)25(30-14-29-24)34-20-10-31-32(12-20)11-15-1-2-15/h3-4,7,10,12-15,18-19H,1-2,5-6,8,11,28H2/t18-,19-/m1/s1. The van der Waals surface area contributed by atoms with E-state index < -0.39 is 5.82 Å². The third-order valence-corrected chi connectivity index (χ3v) is 6.78. The highest BCUT2D eigenvalue weighted by Crippen LogP contribution is 2.41. The van der Waals surface area contributed by atoms with Crippen LogP contribution in [0.15, 0.2) is 43.1 Å². The number of hydrogen-bond acceptors (Lipinski definition) is 6. The number of halogens is 1. The molecule has 1 aromatic carbocycles. The van der Waals surface area contributed by atoms with E-state index in [9.17, 15) is 4.39 Å². The van der Waals surface area contributed by atoms with Crippen molar-refractivity contribution in [3.8, 4) is 28.8 Å². The van der Waals surface area contributed by atoms with Gasteiger partial charge >= 0.3 is 0 Å². The number of nitrogens with zero attached hydrogens (tertiary/aromatic N) is 6. The van der Waals surface area contributed by atoms with E-state index in [4.69, 9.17) is 15.7 Å². The Hall–Kier alpha value is -3.77. The first kappa shape index (κ1) is 20.8. The topological polar surface area (TPSA) is 108 Å². The number of nitrogens with two attached hydrogens (primary N) is 1. The zero-order chi connectivity index (χ0) is 23.2. The zero-order valence-corrected chi connectivity index (χ0v) is 18.6. The highest BCUT2D eigenvalue weighted by molar-refractivity contribution is 5.98. The van der Waals surface area contributed by atoms with Crippen LogP contribution in [0.4, 0.5) is 4.39 Å². The Balaban J connectivity index is 1.46. The van der Waals surface area contributed by atoms with Crippen molar-refractivity contribution >= 4 is 11.0 Å². The Morgan fingerprint density at radius 1 is 1.18 bits per heavy atom. The molecule has 2 aliphatic carbocycles. The first-order chi connectivity index (χ1) is 16.6. The van der Waals surface area contributed by atoms with Crippen LogP contribution in [-0.4, -0.2) is 30.4 Å². The van der Waals surface area contributed by atoms with Gasteiger partial charge in [-0.1, -0.05) is 6.07 Å². The van der Waals surface area contributed by atoms with Crippen LogP contribution in [0.1, 0.15) is 43.7 Å². The van der Waals surface area contributed by atoms with Crippen molar-refractivity contribution in [1.82, 2.24) is 24.3 Å². The normalized spacial score (nSPS) is 20.0. The lowest BCUT2D eigenvalue weighted by Crippen LogP contribution is -2.15. The predicted octanol–water partition coefficient (Wildman–Crippen LogP) is 4.56. The van der Waals surface area contributed by atoms with E-state index >= 15 is 0 Å². The molecule has 9 heteroatoms. The summed E-state index contributed by atoms with van der Waals surface area (Å²) in [6.45, 7) is 0.886. The molecule has 0 spiro atoms. The van der Waals surface area contributed by atoms with Crippen LogP contribution in [0.2, 0.25) is 0 Å². The molecule has 4 aromatic rings. The van der Waals surface area contributed by atoms with Gasteiger partial charge in [0.1, 0.15) is 23.9 Å². The number of aromatic nitrogens is 5. The van der Waals surface area contributed by atoms with Crippen LogP contribution < -0.4 is 10.5 Å². The van der Waals surface area contributed by atoms with E-state index in [-0.39, 0.29) is 17.6 Å². The van der Waals surface area contributed by atoms with Crippen molar-refractivity contribution in [1.29, 1.82) is 5.26 Å². The molecule has 0 unspecified atom stereocenters. The number of rotatable bonds is 6. The molecule has 2 N–H and O–H groups in total. The first-order valence-electron chi connectivity index (χ1n) is 11.6. The smallest absolute Gasteiger partial charge is 0.232 e. The number of hydrogen-bond donors (Lipinski definition) is 1. The Kier molecular flexibility index (Phi) is 5.03. The van der Waals surface area contributed by atoms with Crippen molar-refractivity contribution in [3.63, 3.8) is 0 Å². The molecule has 6 rings (SSSR count). The van der Waals surface area contributed by atoms with Crippen LogP contribution >= 0.6 is 0 Å². The monoisotopic (exact) mass is 457 g/mol. The second-order valence-corrected chi connectivity index (χ2v) is 9.30. The van der Waals surface area contributed by atoms with Crippen LogP contribution in [0, 0.1) is 23.1 Å². The molecule has 0 radical (unpaired) electrons. The first-order valence-corrected chi connectivity index (χ1v) is 11.6. The molecule has 0 saturated heterocycles. The predicted molar refractivity (Wildman–Crippen MR) is 124 cm³/mol. The lowest BCUT2D eigenvalue weighted by atomic mass is 10.0. The fourth-order valence-corrected chi connectivity index (χ4v) is 4.82. The Morgan fingerprint density at radius 3 is 2.79 bits per heavy atom. The minimum absolute atomic E-state index is 0.00468. The van der Waals surface area contributed by atoms with Crippen molar-refractivity contribution < 1.29 is 9.13 Å². The van der Waals surface area contributed by atoms with Gasteiger partial charge in [-0.05, 0) is 55.7 Å². The lowest BCUT2D eigenvalue weighted by Gasteiger charge is -2.13. The summed E-state index contributed by atoms with van der Waals surface area (Å²) in [5, 5.41) is 14.2. The summed E-state index contributed by atoms with van der Waals surface area (Å²) in [5.74, 6) is 1.11. The molecule has 2 fully saturated rings. The highest BCUT2D eigenvalue weighted by atomic mass is 19.1. The van der Waals surface area contributed by atoms with Crippen LogP contribution in [0.3, 0.4) is 0 Å². The van der Waals surface area contributed by atoms with Gasteiger partial charge in [-0.2, -0.15) is 10.4 Å². The summed E-state index contributed by atoms with van der Waals surface area (Å²) < 4.78 is 24.7. The summed E-state index contributed by atoms with van der Waals surface area (Å²) >= 11 is 0. The summed E-state index contributed by atoms with van der Waals surface area (Å²) in [7, 11) is 0. The molecular weight excluding hydrogens is 433 g/mol. The van der Waals surface area contributed by atoms with Crippen molar-refractivity contribution in [3.05, 3.63) is 54.5 Å². The maximum Gasteiger partial charge on any atom is 0.232 e. The fourth-order valence-electron chi connectivity index (χ4n) is 4.82. The van der Waals surface area contributed by atoms with E-state index in [2.05, 4.69) is 19.6 Å². The van der Waals surface area contributed by atoms with Gasteiger partial charge < -0.3 is 15.0 Å². The summed E-state index contributed by atoms with van der Waals surface area (Å²) in [4.78, 5) is 9.00. The summed E-state index contributed by atoms with van der Waals surface area (Å²) in [5.41, 5.74) is 8.29. The minimum atomic E-state index is -0.565. The molecule has 2 saturated carbocycles. The molecule has 0 bridgehead atoms. The molecule has 34 heavy (non-hydrogen) atoms. The van der Waals surface area contributed by atoms with E-state index in [1.165, 1.54) is 31.3 Å². The third-order valence-electron chi connectivity index (χ3n) is 6.78. The van der Waals surface area contributed by atoms with Gasteiger partial charge in [-0.3, -0.25) is 4.68 Å². The molecule has 172 valence electrons. The molecule has 2 atom stereocenters. The Labute approximate surface area is 195 Å². The highest BCUT2D eigenvalue weighted by Gasteiger charge is 2.28. The lowest BCUT2D eigenvalue weighted by molar-refractivity contribution is 0.465. The zero-order valence-electron chi connectivity index (χ0n) is 18.6. The van der Waals surface area contributed by atoms with Gasteiger partial charge in [0.05, 0.1) is 23.3 Å². The SMILES string of the molecule is N#Cc1ccc(-c2cn([C@@H]3CC[C@@H](N)C3)c3ncnc(Oc4cnn(CC5CC5)c4)c23)cc1F. The average Bonchev–Trinajstić information content (AvgIpc) is 3.18. The van der Waals surface area contributed by atoms with Crippen LogP contribution in [0.25, 0.3) is 22.2 Å². The number of ether oxygens (including phenoxy) is 1. The molecule has 2 aliphatic rings. The largest absolute Gasteiger partial charge is 0.435 e. The quantitative estimate of drug-likeness (QED) is 0.455. The number of benzene rings is 1. The summed E-state index contributed by atoms with van der Waals surface area (Å²) in [6.07, 6.45) is 12.2. The van der Waals surface area contributed by atoms with E-state index in [1.54, 1.807) is 12.3 Å².